The van der Waals surface area contributed by atoms with Crippen molar-refractivity contribution in [3.63, 3.8) is 0 Å². The molecular formula is C18H20I2N2O3. The molecule has 0 aliphatic heterocycles. The highest BCUT2D eigenvalue weighted by atomic mass is 127. The summed E-state index contributed by atoms with van der Waals surface area (Å²) in [6.45, 7) is 2.40. The lowest BCUT2D eigenvalue weighted by atomic mass is 10.2. The molecule has 0 spiro atoms. The third kappa shape index (κ3) is 5.71. The highest BCUT2D eigenvalue weighted by Crippen LogP contribution is 2.27. The van der Waals surface area contributed by atoms with Gasteiger partial charge in [-0.05, 0) is 88.0 Å². The van der Waals surface area contributed by atoms with Crippen molar-refractivity contribution in [3.8, 4) is 11.5 Å². The van der Waals surface area contributed by atoms with Crippen molar-refractivity contribution in [3.05, 3.63) is 49.1 Å². The van der Waals surface area contributed by atoms with Crippen LogP contribution in [0.25, 0.3) is 0 Å². The second-order valence-electron chi connectivity index (χ2n) is 5.41. The van der Waals surface area contributed by atoms with Gasteiger partial charge in [-0.2, -0.15) is 0 Å². The number of hydrogen-bond donors (Lipinski definition) is 2. The molecule has 0 aliphatic rings. The van der Waals surface area contributed by atoms with Gasteiger partial charge in [-0.3, -0.25) is 4.79 Å². The van der Waals surface area contributed by atoms with Crippen LogP contribution in [0.1, 0.15) is 12.5 Å². The number of nitrogens with one attached hydrogen (secondary N) is 2. The monoisotopic (exact) mass is 566 g/mol. The van der Waals surface area contributed by atoms with Gasteiger partial charge >= 0.3 is 0 Å². The van der Waals surface area contributed by atoms with Crippen LogP contribution in [0.3, 0.4) is 0 Å². The Morgan fingerprint density at radius 1 is 1.08 bits per heavy atom. The number of hydrogen-bond acceptors (Lipinski definition) is 4. The van der Waals surface area contributed by atoms with Gasteiger partial charge in [0.25, 0.3) is 0 Å². The van der Waals surface area contributed by atoms with Crippen molar-refractivity contribution in [1.82, 2.24) is 5.32 Å². The summed E-state index contributed by atoms with van der Waals surface area (Å²) in [6, 6.07) is 11.3. The predicted octanol–water partition coefficient (Wildman–Crippen LogP) is 4.03. The Labute approximate surface area is 175 Å². The Morgan fingerprint density at radius 2 is 1.80 bits per heavy atom. The van der Waals surface area contributed by atoms with Crippen LogP contribution in [0.2, 0.25) is 0 Å². The molecule has 0 heterocycles. The number of rotatable bonds is 7. The zero-order chi connectivity index (χ0) is 18.4. The molecule has 0 aromatic heterocycles. The fraction of sp³-hybridized carbons (Fsp3) is 0.278. The standard InChI is InChI=1S/C18H20I2N2O3/c1-11(18(23)22-15-9-13(19)5-6-14(15)20)21-10-12-4-7-16(24-2)17(8-12)25-3/h4-9,11,21H,10H2,1-3H3,(H,22,23). The fourth-order valence-corrected chi connectivity index (χ4v) is 3.15. The molecule has 5 nitrogen and oxygen atoms in total. The molecule has 134 valence electrons. The predicted molar refractivity (Wildman–Crippen MR) is 116 cm³/mol. The van der Waals surface area contributed by atoms with E-state index in [1.807, 2.05) is 43.3 Å². The van der Waals surface area contributed by atoms with Crippen LogP contribution in [-0.2, 0) is 11.3 Å². The third-order valence-corrected chi connectivity index (χ3v) is 5.25. The van der Waals surface area contributed by atoms with E-state index in [2.05, 4.69) is 55.8 Å². The van der Waals surface area contributed by atoms with Crippen LogP contribution in [0.15, 0.2) is 36.4 Å². The topological polar surface area (TPSA) is 59.6 Å². The third-order valence-electron chi connectivity index (χ3n) is 3.64. The molecule has 0 fully saturated rings. The van der Waals surface area contributed by atoms with Crippen LogP contribution in [-0.4, -0.2) is 26.2 Å². The molecular weight excluding hydrogens is 546 g/mol. The van der Waals surface area contributed by atoms with Crippen molar-refractivity contribution < 1.29 is 14.3 Å². The molecule has 1 unspecified atom stereocenters. The first-order valence-corrected chi connectivity index (χ1v) is 9.80. The number of ether oxygens (including phenoxy) is 2. The zero-order valence-electron chi connectivity index (χ0n) is 14.2. The summed E-state index contributed by atoms with van der Waals surface area (Å²) in [5.74, 6) is 1.29. The van der Waals surface area contributed by atoms with Crippen LogP contribution in [0, 0.1) is 7.14 Å². The van der Waals surface area contributed by atoms with E-state index in [0.29, 0.717) is 18.0 Å². The van der Waals surface area contributed by atoms with E-state index >= 15 is 0 Å². The van der Waals surface area contributed by atoms with Crippen LogP contribution in [0.4, 0.5) is 5.69 Å². The number of carbonyl (C=O) groups excluding carboxylic acids is 1. The first-order valence-electron chi connectivity index (χ1n) is 7.64. The van der Waals surface area contributed by atoms with E-state index in [0.717, 1.165) is 18.4 Å². The summed E-state index contributed by atoms with van der Waals surface area (Å²) in [4.78, 5) is 12.4. The molecule has 1 amide bonds. The SMILES string of the molecule is COc1ccc(CNC(C)C(=O)Nc2cc(I)ccc2I)cc1OC. The van der Waals surface area contributed by atoms with Gasteiger partial charge in [0.05, 0.1) is 25.9 Å². The van der Waals surface area contributed by atoms with Crippen molar-refractivity contribution in [2.75, 3.05) is 19.5 Å². The van der Waals surface area contributed by atoms with Gasteiger partial charge in [0.1, 0.15) is 0 Å². The minimum absolute atomic E-state index is 0.0691. The maximum atomic E-state index is 12.4. The molecule has 7 heteroatoms. The Bertz CT molecular complexity index is 753. The van der Waals surface area contributed by atoms with Gasteiger partial charge in [-0.15, -0.1) is 0 Å². The number of carbonyl (C=O) groups is 1. The number of amides is 1. The lowest BCUT2D eigenvalue weighted by Crippen LogP contribution is -2.37. The summed E-state index contributed by atoms with van der Waals surface area (Å²) in [7, 11) is 3.21. The van der Waals surface area contributed by atoms with Gasteiger partial charge in [0.2, 0.25) is 5.91 Å². The Balaban J connectivity index is 1.96. The van der Waals surface area contributed by atoms with E-state index < -0.39 is 0 Å². The lowest BCUT2D eigenvalue weighted by molar-refractivity contribution is -0.117. The van der Waals surface area contributed by atoms with Crippen LogP contribution >= 0.6 is 45.2 Å². The average Bonchev–Trinajstić information content (AvgIpc) is 2.62. The van der Waals surface area contributed by atoms with Crippen molar-refractivity contribution in [1.29, 1.82) is 0 Å². The van der Waals surface area contributed by atoms with E-state index in [9.17, 15) is 4.79 Å². The molecule has 2 aromatic carbocycles. The second-order valence-corrected chi connectivity index (χ2v) is 7.81. The number of methoxy groups -OCH3 is 2. The first-order chi connectivity index (χ1) is 11.9. The smallest absolute Gasteiger partial charge is 0.241 e. The molecule has 0 bridgehead atoms. The van der Waals surface area contributed by atoms with E-state index in [1.165, 1.54) is 0 Å². The van der Waals surface area contributed by atoms with Crippen molar-refractivity contribution in [2.45, 2.75) is 19.5 Å². The Morgan fingerprint density at radius 3 is 2.48 bits per heavy atom. The first kappa shape index (κ1) is 20.2. The van der Waals surface area contributed by atoms with E-state index in [-0.39, 0.29) is 11.9 Å². The summed E-state index contributed by atoms with van der Waals surface area (Å²) in [6.07, 6.45) is 0. The van der Waals surface area contributed by atoms with Gasteiger partial charge < -0.3 is 20.1 Å². The lowest BCUT2D eigenvalue weighted by Gasteiger charge is -2.16. The van der Waals surface area contributed by atoms with Gasteiger partial charge in [0.15, 0.2) is 11.5 Å². The summed E-state index contributed by atoms with van der Waals surface area (Å²) in [5.41, 5.74) is 1.85. The molecule has 0 saturated carbocycles. The van der Waals surface area contributed by atoms with E-state index in [1.54, 1.807) is 14.2 Å². The fourth-order valence-electron chi connectivity index (χ4n) is 2.19. The molecule has 2 rings (SSSR count). The molecule has 0 aliphatic carbocycles. The van der Waals surface area contributed by atoms with Crippen molar-refractivity contribution in [2.24, 2.45) is 0 Å². The minimum atomic E-state index is -0.332. The molecule has 25 heavy (non-hydrogen) atoms. The average molecular weight is 566 g/mol. The maximum absolute atomic E-state index is 12.4. The molecule has 1 atom stereocenters. The molecule has 2 aromatic rings. The highest BCUT2D eigenvalue weighted by Gasteiger charge is 2.14. The van der Waals surface area contributed by atoms with Gasteiger partial charge in [-0.1, -0.05) is 6.07 Å². The number of anilines is 1. The van der Waals surface area contributed by atoms with Gasteiger partial charge in [-0.25, -0.2) is 0 Å². The maximum Gasteiger partial charge on any atom is 0.241 e. The number of benzene rings is 2. The highest BCUT2D eigenvalue weighted by molar-refractivity contribution is 14.1. The zero-order valence-corrected chi connectivity index (χ0v) is 18.5. The minimum Gasteiger partial charge on any atom is -0.493 e. The van der Waals surface area contributed by atoms with Crippen LogP contribution < -0.4 is 20.1 Å². The summed E-state index contributed by atoms with van der Waals surface area (Å²) in [5, 5.41) is 6.20. The van der Waals surface area contributed by atoms with Crippen molar-refractivity contribution >= 4 is 56.8 Å². The van der Waals surface area contributed by atoms with E-state index in [4.69, 9.17) is 9.47 Å². The quantitative estimate of drug-likeness (QED) is 0.498. The number of halogens is 2. The second kappa shape index (κ2) is 9.58. The normalized spacial score (nSPS) is 11.7. The molecule has 0 saturated heterocycles. The van der Waals surface area contributed by atoms with Crippen LogP contribution in [0.5, 0.6) is 11.5 Å². The molecule has 0 radical (unpaired) electrons. The molecule has 2 N–H and O–H groups in total. The van der Waals surface area contributed by atoms with Gasteiger partial charge in [0, 0.05) is 13.7 Å². The largest absolute Gasteiger partial charge is 0.493 e. The summed E-state index contributed by atoms with van der Waals surface area (Å²) >= 11 is 4.45. The summed E-state index contributed by atoms with van der Waals surface area (Å²) < 4.78 is 12.6. The Kier molecular flexibility index (Phi) is 7.76. The Hall–Kier alpha value is -1.07.